The fourth-order valence-corrected chi connectivity index (χ4v) is 2.62. The number of hydrazine groups is 1. The third-order valence-corrected chi connectivity index (χ3v) is 4.11. The first-order valence-corrected chi connectivity index (χ1v) is 8.90. The summed E-state index contributed by atoms with van der Waals surface area (Å²) in [5.74, 6) is -0.388. The molecule has 0 aliphatic carbocycles. The van der Waals surface area contributed by atoms with E-state index in [2.05, 4.69) is 26.1 Å². The fourth-order valence-electron chi connectivity index (χ4n) is 2.62. The van der Waals surface area contributed by atoms with Gasteiger partial charge in [0.1, 0.15) is 6.33 Å². The van der Waals surface area contributed by atoms with E-state index in [0.29, 0.717) is 6.54 Å². The molecule has 0 aliphatic rings. The van der Waals surface area contributed by atoms with Crippen molar-refractivity contribution in [2.45, 2.75) is 19.9 Å². The normalized spacial score (nSPS) is 10.2. The first-order valence-electron chi connectivity index (χ1n) is 8.90. The van der Waals surface area contributed by atoms with Gasteiger partial charge in [0.25, 0.3) is 0 Å². The van der Waals surface area contributed by atoms with Gasteiger partial charge in [-0.1, -0.05) is 60.2 Å². The van der Waals surface area contributed by atoms with Gasteiger partial charge in [0, 0.05) is 6.54 Å². The molecule has 1 heterocycles. The summed E-state index contributed by atoms with van der Waals surface area (Å²) in [4.78, 5) is 30.9. The molecule has 9 nitrogen and oxygen atoms in total. The smallest absolute Gasteiger partial charge is 0.354 e. The van der Waals surface area contributed by atoms with E-state index in [9.17, 15) is 14.9 Å². The topological polar surface area (TPSA) is 122 Å². The Hall–Kier alpha value is -4.01. The number of carbonyl (C=O) groups is 1. The molecule has 2 aromatic carbocycles. The van der Waals surface area contributed by atoms with Gasteiger partial charge in [-0.15, -0.1) is 0 Å². The highest BCUT2D eigenvalue weighted by molar-refractivity contribution is 5.80. The van der Waals surface area contributed by atoms with Gasteiger partial charge in [-0.2, -0.15) is 0 Å². The van der Waals surface area contributed by atoms with Crippen molar-refractivity contribution in [1.29, 1.82) is 0 Å². The van der Waals surface area contributed by atoms with Gasteiger partial charge >= 0.3 is 5.69 Å². The van der Waals surface area contributed by atoms with Gasteiger partial charge in [-0.05, 0) is 18.1 Å². The first-order chi connectivity index (χ1) is 14.0. The molecule has 0 fully saturated rings. The maximum absolute atomic E-state index is 12.1. The third kappa shape index (κ3) is 5.48. The Labute approximate surface area is 167 Å². The van der Waals surface area contributed by atoms with Crippen LogP contribution in [0.2, 0.25) is 0 Å². The summed E-state index contributed by atoms with van der Waals surface area (Å²) in [5.41, 5.74) is 7.52. The van der Waals surface area contributed by atoms with E-state index in [1.807, 2.05) is 61.5 Å². The second-order valence-corrected chi connectivity index (χ2v) is 6.35. The predicted octanol–water partition coefficient (Wildman–Crippen LogP) is 2.99. The van der Waals surface area contributed by atoms with Crippen molar-refractivity contribution in [3.8, 4) is 0 Å². The minimum Gasteiger partial charge on any atom is -0.360 e. The number of aromatic nitrogens is 2. The van der Waals surface area contributed by atoms with E-state index < -0.39 is 4.92 Å². The lowest BCUT2D eigenvalue weighted by molar-refractivity contribution is -0.383. The second-order valence-electron chi connectivity index (χ2n) is 6.35. The van der Waals surface area contributed by atoms with Crippen LogP contribution in [-0.4, -0.2) is 20.8 Å². The third-order valence-electron chi connectivity index (χ3n) is 4.11. The fraction of sp³-hybridized carbons (Fsp3) is 0.150. The van der Waals surface area contributed by atoms with Gasteiger partial charge in [0.2, 0.25) is 17.5 Å². The molecule has 0 aliphatic heterocycles. The largest absolute Gasteiger partial charge is 0.360 e. The zero-order valence-electron chi connectivity index (χ0n) is 15.8. The van der Waals surface area contributed by atoms with E-state index in [0.717, 1.165) is 16.7 Å². The molecule has 0 saturated carbocycles. The molecule has 3 N–H and O–H groups in total. The number of nitro groups is 1. The minimum atomic E-state index is -0.594. The average Bonchev–Trinajstić information content (AvgIpc) is 2.72. The summed E-state index contributed by atoms with van der Waals surface area (Å²) >= 11 is 0. The van der Waals surface area contributed by atoms with E-state index in [-0.39, 0.29) is 29.7 Å². The zero-order chi connectivity index (χ0) is 20.6. The van der Waals surface area contributed by atoms with Crippen LogP contribution in [0.25, 0.3) is 0 Å². The summed E-state index contributed by atoms with van der Waals surface area (Å²) in [6.07, 6.45) is 1.32. The molecule has 3 rings (SSSR count). The molecule has 9 heteroatoms. The Balaban J connectivity index is 1.68. The molecule has 3 aromatic rings. The van der Waals surface area contributed by atoms with Crippen LogP contribution >= 0.6 is 0 Å². The van der Waals surface area contributed by atoms with Crippen LogP contribution < -0.4 is 16.2 Å². The van der Waals surface area contributed by atoms with Gasteiger partial charge < -0.3 is 5.32 Å². The summed E-state index contributed by atoms with van der Waals surface area (Å²) in [6.45, 7) is 2.34. The van der Waals surface area contributed by atoms with Crippen molar-refractivity contribution in [3.05, 3.63) is 87.7 Å². The summed E-state index contributed by atoms with van der Waals surface area (Å²) in [7, 11) is 0. The maximum atomic E-state index is 12.1. The van der Waals surface area contributed by atoms with Crippen molar-refractivity contribution in [2.24, 2.45) is 0 Å². The number of anilines is 2. The number of hydrogen-bond donors (Lipinski definition) is 3. The Morgan fingerprint density at radius 3 is 2.38 bits per heavy atom. The number of nitrogens with zero attached hydrogens (tertiary/aromatic N) is 3. The standard InChI is InChI=1S/C20H20N6O3/c1-14-7-9-16(10-8-14)12-21-19-18(26(28)29)20(23-13-22-19)25-24-17(27)11-15-5-3-2-4-6-15/h2-10,13H,11-12H2,1H3,(H,24,27)(H2,21,22,23,25). The lowest BCUT2D eigenvalue weighted by Crippen LogP contribution is -2.31. The number of amides is 1. The lowest BCUT2D eigenvalue weighted by Gasteiger charge is -2.11. The van der Waals surface area contributed by atoms with Crippen LogP contribution in [0.5, 0.6) is 0 Å². The predicted molar refractivity (Wildman–Crippen MR) is 109 cm³/mol. The number of rotatable bonds is 8. The Bertz CT molecular complexity index is 993. The van der Waals surface area contributed by atoms with Crippen LogP contribution in [0.1, 0.15) is 16.7 Å². The number of carbonyl (C=O) groups excluding carboxylic acids is 1. The first kappa shape index (κ1) is 19.7. The van der Waals surface area contributed by atoms with Gasteiger partial charge in [0.15, 0.2) is 0 Å². The van der Waals surface area contributed by atoms with Crippen LogP contribution in [-0.2, 0) is 17.8 Å². The quantitative estimate of drug-likeness (QED) is 0.398. The average molecular weight is 392 g/mol. The molecule has 0 spiro atoms. The van der Waals surface area contributed by atoms with Crippen LogP contribution in [0.15, 0.2) is 60.9 Å². The summed E-state index contributed by atoms with van der Waals surface area (Å²) in [6, 6.07) is 16.9. The second kappa shape index (κ2) is 9.27. The molecular weight excluding hydrogens is 372 g/mol. The van der Waals surface area contributed by atoms with E-state index in [1.165, 1.54) is 6.33 Å². The molecule has 0 atom stereocenters. The highest BCUT2D eigenvalue weighted by atomic mass is 16.6. The highest BCUT2D eigenvalue weighted by Crippen LogP contribution is 2.28. The molecule has 0 radical (unpaired) electrons. The molecule has 0 unspecified atom stereocenters. The van der Waals surface area contributed by atoms with Crippen LogP contribution in [0, 0.1) is 17.0 Å². The van der Waals surface area contributed by atoms with Crippen LogP contribution in [0.3, 0.4) is 0 Å². The molecule has 0 saturated heterocycles. The molecule has 1 amide bonds. The van der Waals surface area contributed by atoms with Crippen molar-refractivity contribution in [2.75, 3.05) is 10.7 Å². The minimum absolute atomic E-state index is 0.0605. The molecule has 0 bridgehead atoms. The lowest BCUT2D eigenvalue weighted by atomic mass is 10.1. The Morgan fingerprint density at radius 2 is 1.69 bits per heavy atom. The maximum Gasteiger partial charge on any atom is 0.354 e. The molecule has 1 aromatic heterocycles. The monoisotopic (exact) mass is 392 g/mol. The SMILES string of the molecule is Cc1ccc(CNc2ncnc(NNC(=O)Cc3ccccc3)c2[N+](=O)[O-])cc1. The Kier molecular flexibility index (Phi) is 6.31. The van der Waals surface area contributed by atoms with Crippen molar-refractivity contribution >= 4 is 23.2 Å². The molecule has 148 valence electrons. The summed E-state index contributed by atoms with van der Waals surface area (Å²) in [5, 5.41) is 14.5. The van der Waals surface area contributed by atoms with Gasteiger partial charge in [-0.25, -0.2) is 9.97 Å². The highest BCUT2D eigenvalue weighted by Gasteiger charge is 2.23. The molecule has 29 heavy (non-hydrogen) atoms. The number of benzene rings is 2. The number of hydrogen-bond acceptors (Lipinski definition) is 7. The van der Waals surface area contributed by atoms with Gasteiger partial charge in [0.05, 0.1) is 11.3 Å². The molecular formula is C20H20N6O3. The van der Waals surface area contributed by atoms with E-state index >= 15 is 0 Å². The number of aryl methyl sites for hydroxylation is 1. The van der Waals surface area contributed by atoms with Crippen molar-refractivity contribution in [1.82, 2.24) is 15.4 Å². The van der Waals surface area contributed by atoms with E-state index in [1.54, 1.807) is 0 Å². The zero-order valence-corrected chi connectivity index (χ0v) is 15.8. The van der Waals surface area contributed by atoms with Crippen molar-refractivity contribution in [3.63, 3.8) is 0 Å². The van der Waals surface area contributed by atoms with Crippen LogP contribution in [0.4, 0.5) is 17.3 Å². The van der Waals surface area contributed by atoms with E-state index in [4.69, 9.17) is 0 Å². The summed E-state index contributed by atoms with van der Waals surface area (Å²) < 4.78 is 0. The Morgan fingerprint density at radius 1 is 1.00 bits per heavy atom. The van der Waals surface area contributed by atoms with Gasteiger partial charge in [-0.3, -0.25) is 25.8 Å². The van der Waals surface area contributed by atoms with Crippen molar-refractivity contribution < 1.29 is 9.72 Å². The number of nitrogens with one attached hydrogen (secondary N) is 3.